The molecule has 0 fully saturated rings. The molecular weight excluding hydrogens is 336 g/mol. The number of nitrogens with one attached hydrogen (secondary N) is 1. The number of carbonyl (C=O) groups is 1. The summed E-state index contributed by atoms with van der Waals surface area (Å²) in [5.74, 6) is -0.202. The summed E-state index contributed by atoms with van der Waals surface area (Å²) in [6, 6.07) is 15.2. The topological polar surface area (TPSA) is 66.5 Å². The summed E-state index contributed by atoms with van der Waals surface area (Å²) in [6.45, 7) is 4.28. The molecule has 1 amide bonds. The molecule has 0 aliphatic heterocycles. The first-order valence-corrected chi connectivity index (χ1v) is 9.96. The van der Waals surface area contributed by atoms with Crippen LogP contribution in [-0.4, -0.2) is 31.4 Å². The highest BCUT2D eigenvalue weighted by molar-refractivity contribution is 7.88. The largest absolute Gasteiger partial charge is 0.326 e. The normalized spacial score (nSPS) is 11.5. The average molecular weight is 360 g/mol. The number of nitrogens with zero attached hydrogens (tertiary/aromatic N) is 1. The fourth-order valence-electron chi connectivity index (χ4n) is 2.53. The number of rotatable bonds is 7. The molecule has 0 heterocycles. The lowest BCUT2D eigenvalue weighted by atomic mass is 10.1. The molecule has 0 spiro atoms. The molecular formula is C19H24N2O3S. The van der Waals surface area contributed by atoms with Gasteiger partial charge < -0.3 is 5.32 Å². The van der Waals surface area contributed by atoms with Crippen molar-refractivity contribution in [2.75, 3.05) is 18.1 Å². The molecule has 0 bridgehead atoms. The number of para-hydroxylation sites is 1. The van der Waals surface area contributed by atoms with Crippen molar-refractivity contribution in [2.45, 2.75) is 26.8 Å². The van der Waals surface area contributed by atoms with Crippen molar-refractivity contribution in [3.8, 4) is 0 Å². The van der Waals surface area contributed by atoms with E-state index in [1.807, 2.05) is 62.4 Å². The van der Waals surface area contributed by atoms with Gasteiger partial charge in [-0.2, -0.15) is 4.31 Å². The van der Waals surface area contributed by atoms with E-state index in [4.69, 9.17) is 0 Å². The molecule has 0 unspecified atom stereocenters. The van der Waals surface area contributed by atoms with Gasteiger partial charge in [0.05, 0.1) is 6.26 Å². The van der Waals surface area contributed by atoms with Crippen LogP contribution < -0.4 is 5.32 Å². The Labute approximate surface area is 149 Å². The van der Waals surface area contributed by atoms with E-state index in [0.717, 1.165) is 22.4 Å². The van der Waals surface area contributed by atoms with E-state index >= 15 is 0 Å². The summed E-state index contributed by atoms with van der Waals surface area (Å²) >= 11 is 0. The van der Waals surface area contributed by atoms with Gasteiger partial charge in [-0.15, -0.1) is 0 Å². The molecule has 0 atom stereocenters. The summed E-state index contributed by atoms with van der Waals surface area (Å²) in [5.41, 5.74) is 3.70. The maximum absolute atomic E-state index is 12.2. The Balaban J connectivity index is 2.00. The Bertz CT molecular complexity index is 847. The minimum atomic E-state index is -3.40. The predicted octanol–water partition coefficient (Wildman–Crippen LogP) is 3.09. The molecule has 0 saturated carbocycles. The summed E-state index contributed by atoms with van der Waals surface area (Å²) in [5, 5.41) is 2.83. The van der Waals surface area contributed by atoms with Gasteiger partial charge in [-0.25, -0.2) is 8.42 Å². The number of hydrogen-bond donors (Lipinski definition) is 1. The van der Waals surface area contributed by atoms with Crippen LogP contribution >= 0.6 is 0 Å². The number of hydrogen-bond acceptors (Lipinski definition) is 3. The van der Waals surface area contributed by atoms with Gasteiger partial charge in [-0.05, 0) is 31.0 Å². The second kappa shape index (κ2) is 8.27. The minimum absolute atomic E-state index is 0.104. The highest BCUT2D eigenvalue weighted by Gasteiger charge is 2.18. The first-order valence-electron chi connectivity index (χ1n) is 8.12. The first-order chi connectivity index (χ1) is 11.8. The fourth-order valence-corrected chi connectivity index (χ4v) is 3.33. The Morgan fingerprint density at radius 1 is 1.08 bits per heavy atom. The van der Waals surface area contributed by atoms with Crippen LogP contribution in [0.2, 0.25) is 0 Å². The second-order valence-corrected chi connectivity index (χ2v) is 8.18. The van der Waals surface area contributed by atoms with Crippen molar-refractivity contribution >= 4 is 21.6 Å². The maximum Gasteiger partial charge on any atom is 0.225 e. The smallest absolute Gasteiger partial charge is 0.225 e. The van der Waals surface area contributed by atoms with Crippen molar-refractivity contribution in [2.24, 2.45) is 0 Å². The first kappa shape index (κ1) is 19.1. The summed E-state index contributed by atoms with van der Waals surface area (Å²) in [7, 11) is -3.40. The monoisotopic (exact) mass is 360 g/mol. The highest BCUT2D eigenvalue weighted by Crippen LogP contribution is 2.14. The lowest BCUT2D eigenvalue weighted by Crippen LogP contribution is -2.32. The van der Waals surface area contributed by atoms with Gasteiger partial charge in [0.2, 0.25) is 15.9 Å². The standard InChI is InChI=1S/C19H24N2O3S/c1-15-7-6-9-17(13-15)14-21(25(3,23)24)12-11-19(22)20-18-10-5-4-8-16(18)2/h4-10,13H,11-12,14H2,1-3H3,(H,20,22). The van der Waals surface area contributed by atoms with E-state index in [1.54, 1.807) is 0 Å². The summed E-state index contributed by atoms with van der Waals surface area (Å²) < 4.78 is 25.4. The van der Waals surface area contributed by atoms with Crippen molar-refractivity contribution in [3.63, 3.8) is 0 Å². The van der Waals surface area contributed by atoms with Crippen LogP contribution in [0.5, 0.6) is 0 Å². The van der Waals surface area contributed by atoms with Gasteiger partial charge in [0.25, 0.3) is 0 Å². The average Bonchev–Trinajstić information content (AvgIpc) is 2.52. The molecule has 134 valence electrons. The Hall–Kier alpha value is -2.18. The van der Waals surface area contributed by atoms with Crippen LogP contribution in [0.4, 0.5) is 5.69 Å². The zero-order valence-corrected chi connectivity index (χ0v) is 15.6. The lowest BCUT2D eigenvalue weighted by Gasteiger charge is -2.20. The number of sulfonamides is 1. The van der Waals surface area contributed by atoms with E-state index in [1.165, 1.54) is 10.6 Å². The van der Waals surface area contributed by atoms with Crippen LogP contribution in [0.15, 0.2) is 48.5 Å². The molecule has 0 saturated heterocycles. The van der Waals surface area contributed by atoms with E-state index in [9.17, 15) is 13.2 Å². The predicted molar refractivity (Wildman–Crippen MR) is 101 cm³/mol. The van der Waals surface area contributed by atoms with Crippen molar-refractivity contribution in [3.05, 3.63) is 65.2 Å². The van der Waals surface area contributed by atoms with Crippen molar-refractivity contribution in [1.82, 2.24) is 4.31 Å². The third kappa shape index (κ3) is 5.99. The molecule has 2 aromatic rings. The van der Waals surface area contributed by atoms with Crippen LogP contribution in [0.1, 0.15) is 23.1 Å². The summed E-state index contributed by atoms with van der Waals surface area (Å²) in [6.07, 6.45) is 1.27. The van der Waals surface area contributed by atoms with Gasteiger partial charge in [-0.1, -0.05) is 48.0 Å². The summed E-state index contributed by atoms with van der Waals surface area (Å²) in [4.78, 5) is 12.2. The molecule has 5 nitrogen and oxygen atoms in total. The van der Waals surface area contributed by atoms with E-state index in [0.29, 0.717) is 0 Å². The zero-order valence-electron chi connectivity index (χ0n) is 14.8. The SMILES string of the molecule is Cc1cccc(CN(CCC(=O)Nc2ccccc2C)S(C)(=O)=O)c1. The number of amides is 1. The number of anilines is 1. The minimum Gasteiger partial charge on any atom is -0.326 e. The van der Waals surface area contributed by atoms with Gasteiger partial charge in [-0.3, -0.25) is 4.79 Å². The zero-order chi connectivity index (χ0) is 18.4. The van der Waals surface area contributed by atoms with Gasteiger partial charge >= 0.3 is 0 Å². The van der Waals surface area contributed by atoms with Gasteiger partial charge in [0.15, 0.2) is 0 Å². The molecule has 2 aromatic carbocycles. The van der Waals surface area contributed by atoms with Crippen molar-refractivity contribution < 1.29 is 13.2 Å². The van der Waals surface area contributed by atoms with E-state index in [-0.39, 0.29) is 25.4 Å². The third-order valence-electron chi connectivity index (χ3n) is 3.92. The van der Waals surface area contributed by atoms with Crippen LogP contribution in [0.3, 0.4) is 0 Å². The highest BCUT2D eigenvalue weighted by atomic mass is 32.2. The van der Waals surface area contributed by atoms with Gasteiger partial charge in [0, 0.05) is 25.2 Å². The molecule has 6 heteroatoms. The molecule has 0 aromatic heterocycles. The Kier molecular flexibility index (Phi) is 6.33. The van der Waals surface area contributed by atoms with Crippen LogP contribution in [0.25, 0.3) is 0 Å². The molecule has 0 aliphatic carbocycles. The molecule has 2 rings (SSSR count). The van der Waals surface area contributed by atoms with Crippen LogP contribution in [0, 0.1) is 13.8 Å². The fraction of sp³-hybridized carbons (Fsp3) is 0.316. The van der Waals surface area contributed by atoms with Crippen molar-refractivity contribution in [1.29, 1.82) is 0 Å². The third-order valence-corrected chi connectivity index (χ3v) is 5.17. The van der Waals surface area contributed by atoms with E-state index < -0.39 is 10.0 Å². The number of aryl methyl sites for hydroxylation is 2. The molecule has 1 N–H and O–H groups in total. The Morgan fingerprint density at radius 2 is 1.80 bits per heavy atom. The molecule has 0 aliphatic rings. The Morgan fingerprint density at radius 3 is 2.44 bits per heavy atom. The van der Waals surface area contributed by atoms with Crippen LogP contribution in [-0.2, 0) is 21.4 Å². The number of benzene rings is 2. The molecule has 25 heavy (non-hydrogen) atoms. The quantitative estimate of drug-likeness (QED) is 0.825. The number of carbonyl (C=O) groups excluding carboxylic acids is 1. The molecule has 0 radical (unpaired) electrons. The van der Waals surface area contributed by atoms with E-state index in [2.05, 4.69) is 5.32 Å². The maximum atomic E-state index is 12.2. The van der Waals surface area contributed by atoms with Gasteiger partial charge in [0.1, 0.15) is 0 Å². The lowest BCUT2D eigenvalue weighted by molar-refractivity contribution is -0.116. The second-order valence-electron chi connectivity index (χ2n) is 6.20.